The molecule has 0 atom stereocenters. The number of allylic oxidation sites excluding steroid dienone is 3. The van der Waals surface area contributed by atoms with Gasteiger partial charge in [0.25, 0.3) is 0 Å². The summed E-state index contributed by atoms with van der Waals surface area (Å²) in [6.07, 6.45) is 13.9. The van der Waals surface area contributed by atoms with Gasteiger partial charge in [0.1, 0.15) is 0 Å². The van der Waals surface area contributed by atoms with Gasteiger partial charge in [0.15, 0.2) is 0 Å². The minimum atomic E-state index is 1.08. The maximum atomic E-state index is 2.44. The lowest BCUT2D eigenvalue weighted by Crippen LogP contribution is -2.01. The molecule has 26 rings (SSSR count). The Morgan fingerprint density at radius 1 is 0.125 bits per heavy atom. The molecule has 0 heteroatoms. The highest BCUT2D eigenvalue weighted by Crippen LogP contribution is 2.53. The van der Waals surface area contributed by atoms with E-state index in [1.807, 2.05) is 0 Å². The zero-order valence-electron chi connectivity index (χ0n) is 71.1. The van der Waals surface area contributed by atoms with Gasteiger partial charge in [0, 0.05) is 0 Å². The maximum absolute atomic E-state index is 2.44. The lowest BCUT2D eigenvalue weighted by molar-refractivity contribution is 0.978. The van der Waals surface area contributed by atoms with E-state index >= 15 is 0 Å². The van der Waals surface area contributed by atoms with Crippen molar-refractivity contribution in [2.45, 2.75) is 38.5 Å². The van der Waals surface area contributed by atoms with Gasteiger partial charge in [0.2, 0.25) is 0 Å². The van der Waals surface area contributed by atoms with Gasteiger partial charge in [-0.1, -0.05) is 455 Å². The molecule has 0 N–H and O–H groups in total. The van der Waals surface area contributed by atoms with Crippen LogP contribution in [0.5, 0.6) is 0 Å². The molecule has 23 aromatic rings. The molecule has 0 aliphatic heterocycles. The summed E-state index contributed by atoms with van der Waals surface area (Å²) in [5.41, 5.74) is 32.0. The van der Waals surface area contributed by atoms with Crippen molar-refractivity contribution in [3.8, 4) is 66.8 Å². The van der Waals surface area contributed by atoms with Gasteiger partial charge in [0.05, 0.1) is 0 Å². The van der Waals surface area contributed by atoms with Crippen LogP contribution in [0.15, 0.2) is 461 Å². The van der Waals surface area contributed by atoms with Crippen LogP contribution in [0.1, 0.15) is 69.3 Å². The first-order valence-electron chi connectivity index (χ1n) is 45.4. The number of hydrogen-bond acceptors (Lipinski definition) is 0. The summed E-state index contributed by atoms with van der Waals surface area (Å²) in [6, 6.07) is 163. The Bertz CT molecular complexity index is 8370. The Hall–Kier alpha value is -15.9. The molecule has 0 radical (unpaired) electrons. The van der Waals surface area contributed by atoms with E-state index in [2.05, 4.69) is 461 Å². The minimum absolute atomic E-state index is 1.08. The van der Waals surface area contributed by atoms with E-state index in [4.69, 9.17) is 0 Å². The van der Waals surface area contributed by atoms with Crippen molar-refractivity contribution >= 4 is 135 Å². The number of fused-ring (bicyclic) bond motifs is 14. The molecule has 0 saturated carbocycles. The fourth-order valence-corrected chi connectivity index (χ4v) is 22.0. The lowest BCUT2D eigenvalue weighted by atomic mass is 9.81. The van der Waals surface area contributed by atoms with E-state index in [0.29, 0.717) is 0 Å². The molecule has 0 amide bonds. The molecule has 3 aliphatic rings. The summed E-state index contributed by atoms with van der Waals surface area (Å²) < 4.78 is 0. The minimum Gasteiger partial charge on any atom is -0.0757 e. The average Bonchev–Trinajstić information content (AvgIpc) is 0.729. The second-order valence-electron chi connectivity index (χ2n) is 34.5. The Morgan fingerprint density at radius 3 is 0.711 bits per heavy atom. The smallest absolute Gasteiger partial charge is 0.00201 e. The molecule has 0 nitrogen and oxygen atoms in total. The molecule has 0 unspecified atom stereocenters. The zero-order valence-corrected chi connectivity index (χ0v) is 71.1. The predicted octanol–water partition coefficient (Wildman–Crippen LogP) is 34.9. The molecule has 3 aliphatic carbocycles. The molecule has 600 valence electrons. The van der Waals surface area contributed by atoms with E-state index in [-0.39, 0.29) is 0 Å². The third-order valence-corrected chi connectivity index (χ3v) is 27.6. The Balaban J connectivity index is 0.000000107. The summed E-state index contributed by atoms with van der Waals surface area (Å²) in [7, 11) is 0. The highest BCUT2D eigenvalue weighted by Gasteiger charge is 2.27. The van der Waals surface area contributed by atoms with E-state index in [9.17, 15) is 0 Å². The fourth-order valence-electron chi connectivity index (χ4n) is 22.0. The second kappa shape index (κ2) is 32.4. The van der Waals surface area contributed by atoms with Gasteiger partial charge in [-0.25, -0.2) is 0 Å². The third-order valence-electron chi connectivity index (χ3n) is 27.6. The van der Waals surface area contributed by atoms with Crippen LogP contribution in [0, 0.1) is 0 Å². The van der Waals surface area contributed by atoms with E-state index in [1.165, 1.54) is 252 Å². The van der Waals surface area contributed by atoms with E-state index in [0.717, 1.165) is 38.5 Å². The van der Waals surface area contributed by atoms with E-state index < -0.39 is 0 Å². The van der Waals surface area contributed by atoms with Gasteiger partial charge >= 0.3 is 0 Å². The molecular formula is C128H88. The predicted molar refractivity (Wildman–Crippen MR) is 550 cm³/mol. The topological polar surface area (TPSA) is 0 Å². The van der Waals surface area contributed by atoms with Gasteiger partial charge in [-0.2, -0.15) is 0 Å². The van der Waals surface area contributed by atoms with Crippen LogP contribution in [0.25, 0.3) is 202 Å². The molecule has 0 saturated heterocycles. The van der Waals surface area contributed by atoms with Gasteiger partial charge in [-0.15, -0.1) is 0 Å². The lowest BCUT2D eigenvalue weighted by Gasteiger charge is -2.22. The Labute approximate surface area is 746 Å². The number of benzene rings is 23. The molecule has 128 heavy (non-hydrogen) atoms. The monoisotopic (exact) mass is 1620 g/mol. The van der Waals surface area contributed by atoms with E-state index in [1.54, 1.807) is 0 Å². The van der Waals surface area contributed by atoms with Crippen LogP contribution in [0.4, 0.5) is 0 Å². The zero-order chi connectivity index (χ0) is 84.5. The molecule has 0 aromatic heterocycles. The van der Waals surface area contributed by atoms with Gasteiger partial charge in [-0.3, -0.25) is 0 Å². The van der Waals surface area contributed by atoms with Crippen molar-refractivity contribution < 1.29 is 0 Å². The van der Waals surface area contributed by atoms with Crippen molar-refractivity contribution in [3.05, 3.63) is 511 Å². The summed E-state index contributed by atoms with van der Waals surface area (Å²) in [4.78, 5) is 0. The molecule has 0 bridgehead atoms. The molecule has 0 heterocycles. The first-order valence-corrected chi connectivity index (χ1v) is 45.4. The first kappa shape index (κ1) is 75.8. The van der Waals surface area contributed by atoms with Crippen LogP contribution in [0.3, 0.4) is 0 Å². The van der Waals surface area contributed by atoms with Crippen LogP contribution in [-0.2, 0) is 19.3 Å². The Morgan fingerprint density at radius 2 is 0.359 bits per heavy atom. The summed E-state index contributed by atoms with van der Waals surface area (Å²) >= 11 is 0. The van der Waals surface area contributed by atoms with Crippen molar-refractivity contribution in [1.82, 2.24) is 0 Å². The largest absolute Gasteiger partial charge is 0.0757 e. The SMILES string of the molecule is C1=C(c2ccc(-c3c4ccccc4c(-c4ccc5ccccc5c4)c4ccccc34)c3ccccc23)c2ccccc2CC1.C1=C(c2ccc(-c3c4ccccc4c(-c4cccc5ccccc45)c4ccccc34)c3ccccc23)c2ccccc2CC1.C1=C(c2ccc(-c3c4ccccc4c(-c4ccccc4)c4ccccc34)c3ccccc23)c2ccccc2CC1. The Kier molecular flexibility index (Phi) is 19.2. The van der Waals surface area contributed by atoms with Gasteiger partial charge < -0.3 is 0 Å². The van der Waals surface area contributed by atoms with Crippen LogP contribution in [-0.4, -0.2) is 0 Å². The second-order valence-corrected chi connectivity index (χ2v) is 34.5. The number of aryl methyl sites for hydroxylation is 3. The number of rotatable bonds is 9. The highest BCUT2D eigenvalue weighted by atomic mass is 14.3. The molecule has 23 aromatic carbocycles. The van der Waals surface area contributed by atoms with Crippen LogP contribution >= 0.6 is 0 Å². The standard InChI is InChI=1S/2C44H30.C40H28/c1-3-17-31-29(13-1)15-11-25-33(31)36-27-28-42(35-20-6-5-19-34(35)36)44-40-23-9-7-21-38(40)43(39-22-8-10-24-41(39)44)37-26-12-16-30-14-2-4-18-32(30)37;1-2-14-31-28-32(25-24-29(31)12-1)43-38-19-7-9-21-40(38)44(41-22-10-8-20-39(41)43)42-27-26-37(35-17-5-6-18-36(35)42)34-23-11-15-30-13-3-4-16-33(30)34;1-2-14-28(15-3-1)39-34-20-8-10-22-36(34)40(37-23-11-9-21-35(37)39)38-26-25-33(31-18-6-7-19-32(31)38)30-24-12-16-27-13-4-5-17-29(27)30/h2*1-10,12-14,16-28H,11,15H2;1-11,13-15,17-26H,12,16H2. The molecule has 0 fully saturated rings. The third kappa shape index (κ3) is 13.0. The van der Waals surface area contributed by atoms with Crippen LogP contribution in [0.2, 0.25) is 0 Å². The first-order chi connectivity index (χ1) is 63.6. The maximum Gasteiger partial charge on any atom is -0.00201 e. The summed E-state index contributed by atoms with van der Waals surface area (Å²) in [5.74, 6) is 0. The van der Waals surface area contributed by atoms with Crippen molar-refractivity contribution in [3.63, 3.8) is 0 Å². The van der Waals surface area contributed by atoms with Crippen molar-refractivity contribution in [1.29, 1.82) is 0 Å². The highest BCUT2D eigenvalue weighted by molar-refractivity contribution is 6.29. The van der Waals surface area contributed by atoms with Crippen LogP contribution < -0.4 is 0 Å². The number of hydrogen-bond donors (Lipinski definition) is 0. The fraction of sp³-hybridized carbons (Fsp3) is 0.0469. The average molecular weight is 1630 g/mol. The van der Waals surface area contributed by atoms with Crippen molar-refractivity contribution in [2.75, 3.05) is 0 Å². The molecule has 0 spiro atoms. The summed E-state index contributed by atoms with van der Waals surface area (Å²) in [6.45, 7) is 0. The van der Waals surface area contributed by atoms with Gasteiger partial charge in [-0.05, 0) is 297 Å². The summed E-state index contributed by atoms with van der Waals surface area (Å²) in [5, 5.41) is 28.3. The normalized spacial score (nSPS) is 13.0. The van der Waals surface area contributed by atoms with Crippen molar-refractivity contribution in [2.24, 2.45) is 0 Å². The quantitative estimate of drug-likeness (QED) is 0.126. The molecular weight excluding hydrogens is 1540 g/mol.